The van der Waals surface area contributed by atoms with E-state index in [2.05, 4.69) is 12.2 Å². The van der Waals surface area contributed by atoms with E-state index in [0.717, 1.165) is 16.9 Å². The van der Waals surface area contributed by atoms with Gasteiger partial charge in [0.15, 0.2) is 0 Å². The maximum atomic E-state index is 9.21. The number of hydrogen-bond acceptors (Lipinski definition) is 4. The van der Waals surface area contributed by atoms with Gasteiger partial charge in [0.25, 0.3) is 0 Å². The molecule has 0 amide bonds. The number of benzene rings is 1. The van der Waals surface area contributed by atoms with Gasteiger partial charge in [0.1, 0.15) is 0 Å². The molecular formula is C12H20N2OS. The second-order valence-electron chi connectivity index (χ2n) is 3.91. The van der Waals surface area contributed by atoms with Crippen molar-refractivity contribution in [3.8, 4) is 0 Å². The minimum atomic E-state index is 0.177. The number of aliphatic hydroxyl groups is 1. The molecule has 0 radical (unpaired) electrons. The van der Waals surface area contributed by atoms with Crippen LogP contribution < -0.4 is 11.1 Å². The van der Waals surface area contributed by atoms with Crippen LogP contribution in [-0.4, -0.2) is 29.3 Å². The Kier molecular flexibility index (Phi) is 4.96. The van der Waals surface area contributed by atoms with Crippen molar-refractivity contribution in [3.63, 3.8) is 0 Å². The number of nitrogen functional groups attached to an aromatic ring is 1. The largest absolute Gasteiger partial charge is 0.398 e. The molecule has 0 spiro atoms. The number of thioether (sulfide) groups is 1. The summed E-state index contributed by atoms with van der Waals surface area (Å²) in [6, 6.07) is 6.05. The van der Waals surface area contributed by atoms with Crippen molar-refractivity contribution in [1.29, 1.82) is 0 Å². The summed E-state index contributed by atoms with van der Waals surface area (Å²) in [5.74, 6) is 0. The SMILES string of the molecule is CSC(CO)C(C)Nc1cccc(N)c1C. The van der Waals surface area contributed by atoms with E-state index in [4.69, 9.17) is 5.73 Å². The van der Waals surface area contributed by atoms with Crippen molar-refractivity contribution < 1.29 is 5.11 Å². The molecule has 0 aliphatic rings. The summed E-state index contributed by atoms with van der Waals surface area (Å²) in [6.07, 6.45) is 2.01. The summed E-state index contributed by atoms with van der Waals surface area (Å²) in [4.78, 5) is 0. The van der Waals surface area contributed by atoms with Crippen LogP contribution in [0, 0.1) is 6.92 Å². The van der Waals surface area contributed by atoms with Gasteiger partial charge in [-0.2, -0.15) is 11.8 Å². The van der Waals surface area contributed by atoms with Gasteiger partial charge in [-0.15, -0.1) is 0 Å². The van der Waals surface area contributed by atoms with E-state index < -0.39 is 0 Å². The highest BCUT2D eigenvalue weighted by molar-refractivity contribution is 7.99. The topological polar surface area (TPSA) is 58.3 Å². The van der Waals surface area contributed by atoms with Crippen LogP contribution in [0.3, 0.4) is 0 Å². The van der Waals surface area contributed by atoms with E-state index in [0.29, 0.717) is 0 Å². The molecule has 1 rings (SSSR count). The number of aliphatic hydroxyl groups excluding tert-OH is 1. The Morgan fingerprint density at radius 2 is 2.19 bits per heavy atom. The Morgan fingerprint density at radius 1 is 1.50 bits per heavy atom. The molecule has 0 aliphatic carbocycles. The van der Waals surface area contributed by atoms with Gasteiger partial charge < -0.3 is 16.2 Å². The third-order valence-electron chi connectivity index (χ3n) is 2.80. The number of anilines is 2. The summed E-state index contributed by atoms with van der Waals surface area (Å²) in [6.45, 7) is 4.24. The minimum absolute atomic E-state index is 0.177. The first-order valence-electron chi connectivity index (χ1n) is 5.35. The van der Waals surface area contributed by atoms with E-state index in [1.807, 2.05) is 31.4 Å². The number of nitrogens with one attached hydrogen (secondary N) is 1. The average Bonchev–Trinajstić information content (AvgIpc) is 2.26. The molecule has 1 aromatic carbocycles. The van der Waals surface area contributed by atoms with Crippen LogP contribution in [0.1, 0.15) is 12.5 Å². The van der Waals surface area contributed by atoms with Crippen molar-refractivity contribution in [2.75, 3.05) is 23.9 Å². The lowest BCUT2D eigenvalue weighted by molar-refractivity contribution is 0.288. The maximum Gasteiger partial charge on any atom is 0.0569 e. The molecule has 4 heteroatoms. The van der Waals surface area contributed by atoms with E-state index in [-0.39, 0.29) is 17.9 Å². The van der Waals surface area contributed by atoms with Crippen molar-refractivity contribution >= 4 is 23.1 Å². The fourth-order valence-electron chi connectivity index (χ4n) is 1.58. The predicted molar refractivity (Wildman–Crippen MR) is 73.1 cm³/mol. The van der Waals surface area contributed by atoms with E-state index in [9.17, 15) is 5.11 Å². The zero-order valence-corrected chi connectivity index (χ0v) is 10.8. The Bertz CT molecular complexity index is 340. The quantitative estimate of drug-likeness (QED) is 0.690. The molecule has 0 heterocycles. The monoisotopic (exact) mass is 240 g/mol. The van der Waals surface area contributed by atoms with Crippen LogP contribution in [-0.2, 0) is 0 Å². The fourth-order valence-corrected chi connectivity index (χ4v) is 2.21. The first-order chi connectivity index (χ1) is 7.60. The van der Waals surface area contributed by atoms with Crippen LogP contribution in [0.5, 0.6) is 0 Å². The molecule has 0 saturated heterocycles. The van der Waals surface area contributed by atoms with Gasteiger partial charge in [-0.25, -0.2) is 0 Å². The van der Waals surface area contributed by atoms with Gasteiger partial charge in [-0.1, -0.05) is 6.07 Å². The Labute approximate surface area is 101 Å². The van der Waals surface area contributed by atoms with Crippen molar-refractivity contribution in [2.45, 2.75) is 25.1 Å². The van der Waals surface area contributed by atoms with Crippen LogP contribution in [0.25, 0.3) is 0 Å². The molecule has 16 heavy (non-hydrogen) atoms. The highest BCUT2D eigenvalue weighted by Gasteiger charge is 2.15. The zero-order valence-electron chi connectivity index (χ0n) is 10.0. The smallest absolute Gasteiger partial charge is 0.0569 e. The summed E-state index contributed by atoms with van der Waals surface area (Å²) >= 11 is 1.66. The van der Waals surface area contributed by atoms with Crippen molar-refractivity contribution in [1.82, 2.24) is 0 Å². The second kappa shape index (κ2) is 6.01. The first-order valence-corrected chi connectivity index (χ1v) is 6.64. The molecule has 2 atom stereocenters. The highest BCUT2D eigenvalue weighted by Crippen LogP contribution is 2.23. The van der Waals surface area contributed by atoms with Gasteiger partial charge in [0.2, 0.25) is 0 Å². The van der Waals surface area contributed by atoms with Crippen LogP contribution in [0.4, 0.5) is 11.4 Å². The zero-order chi connectivity index (χ0) is 12.1. The first kappa shape index (κ1) is 13.2. The second-order valence-corrected chi connectivity index (χ2v) is 4.99. The molecule has 3 nitrogen and oxygen atoms in total. The normalized spacial score (nSPS) is 14.5. The molecule has 0 fully saturated rings. The molecule has 0 bridgehead atoms. The van der Waals surface area contributed by atoms with Crippen LogP contribution in [0.2, 0.25) is 0 Å². The van der Waals surface area contributed by atoms with Gasteiger partial charge >= 0.3 is 0 Å². The van der Waals surface area contributed by atoms with Crippen LogP contribution >= 0.6 is 11.8 Å². The lowest BCUT2D eigenvalue weighted by Gasteiger charge is -2.23. The lowest BCUT2D eigenvalue weighted by Crippen LogP contribution is -2.31. The van der Waals surface area contributed by atoms with Crippen molar-refractivity contribution in [2.24, 2.45) is 0 Å². The molecule has 0 aromatic heterocycles. The standard InChI is InChI=1S/C12H20N2OS/c1-8-10(13)5-4-6-11(8)14-9(2)12(7-15)16-3/h4-6,9,12,14-15H,7,13H2,1-3H3. The Hall–Kier alpha value is -0.870. The summed E-state index contributed by atoms with van der Waals surface area (Å²) in [5, 5.41) is 12.8. The molecule has 1 aromatic rings. The Balaban J connectivity index is 2.76. The predicted octanol–water partition coefficient (Wildman–Crippen LogP) is 2.10. The summed E-state index contributed by atoms with van der Waals surface area (Å²) < 4.78 is 0. The van der Waals surface area contributed by atoms with Gasteiger partial charge in [-0.3, -0.25) is 0 Å². The van der Waals surface area contributed by atoms with Gasteiger partial charge in [0, 0.05) is 22.7 Å². The number of rotatable bonds is 5. The summed E-state index contributed by atoms with van der Waals surface area (Å²) in [5.41, 5.74) is 8.74. The third kappa shape index (κ3) is 3.06. The molecule has 90 valence electrons. The maximum absolute atomic E-state index is 9.21. The highest BCUT2D eigenvalue weighted by atomic mass is 32.2. The van der Waals surface area contributed by atoms with Gasteiger partial charge in [-0.05, 0) is 37.8 Å². The molecule has 2 unspecified atom stereocenters. The molecular weight excluding hydrogens is 220 g/mol. The van der Waals surface area contributed by atoms with Crippen LogP contribution in [0.15, 0.2) is 18.2 Å². The van der Waals surface area contributed by atoms with Gasteiger partial charge in [0.05, 0.1) is 6.61 Å². The molecule has 4 N–H and O–H groups in total. The number of hydrogen-bond donors (Lipinski definition) is 3. The molecule has 0 aliphatic heterocycles. The fraction of sp³-hybridized carbons (Fsp3) is 0.500. The van der Waals surface area contributed by atoms with E-state index >= 15 is 0 Å². The number of nitrogens with two attached hydrogens (primary N) is 1. The summed E-state index contributed by atoms with van der Waals surface area (Å²) in [7, 11) is 0. The molecule has 0 saturated carbocycles. The minimum Gasteiger partial charge on any atom is -0.398 e. The van der Waals surface area contributed by atoms with Crippen molar-refractivity contribution in [3.05, 3.63) is 23.8 Å². The third-order valence-corrected chi connectivity index (χ3v) is 3.96. The Morgan fingerprint density at radius 3 is 2.75 bits per heavy atom. The average molecular weight is 240 g/mol. The lowest BCUT2D eigenvalue weighted by atomic mass is 10.1. The van der Waals surface area contributed by atoms with E-state index in [1.165, 1.54) is 0 Å². The van der Waals surface area contributed by atoms with E-state index in [1.54, 1.807) is 11.8 Å².